The molecule has 0 radical (unpaired) electrons. The maximum Gasteiger partial charge on any atom is 0.233 e. The van der Waals surface area contributed by atoms with E-state index in [0.29, 0.717) is 12.8 Å². The number of fused-ring (bicyclic) bond motifs is 1. The average molecular weight is 344 g/mol. The predicted octanol–water partition coefficient (Wildman–Crippen LogP) is 2.69. The number of para-hydroxylation sites is 1. The molecule has 6 heteroatoms. The number of imide groups is 1. The van der Waals surface area contributed by atoms with E-state index >= 15 is 0 Å². The number of amides is 3. The summed E-state index contributed by atoms with van der Waals surface area (Å²) >= 11 is 1.55. The van der Waals surface area contributed by atoms with Gasteiger partial charge in [0.25, 0.3) is 0 Å². The number of rotatable bonds is 5. The molecule has 0 saturated carbocycles. The van der Waals surface area contributed by atoms with E-state index in [0.717, 1.165) is 10.6 Å². The monoisotopic (exact) mass is 344 g/mol. The summed E-state index contributed by atoms with van der Waals surface area (Å²) in [6.45, 7) is 0.151. The van der Waals surface area contributed by atoms with Crippen LogP contribution in [0.4, 0.5) is 5.69 Å². The number of hydrogen-bond donors (Lipinski definition) is 1. The summed E-state index contributed by atoms with van der Waals surface area (Å²) in [4.78, 5) is 39.1. The lowest BCUT2D eigenvalue weighted by Gasteiger charge is -2.15. The number of nitrogens with zero attached hydrogens (tertiary/aromatic N) is 1. The molecule has 1 saturated heterocycles. The summed E-state index contributed by atoms with van der Waals surface area (Å²) in [5.41, 5.74) is 0.756. The second-order valence-electron chi connectivity index (χ2n) is 5.98. The second-order valence-corrected chi connectivity index (χ2v) is 6.83. The zero-order valence-corrected chi connectivity index (χ0v) is 14.3. The summed E-state index contributed by atoms with van der Waals surface area (Å²) in [6, 6.07) is 7.56. The van der Waals surface area contributed by atoms with Crippen molar-refractivity contribution < 1.29 is 14.4 Å². The molecule has 0 bridgehead atoms. The van der Waals surface area contributed by atoms with Crippen LogP contribution in [0.15, 0.2) is 41.3 Å². The minimum absolute atomic E-state index is 0.118. The van der Waals surface area contributed by atoms with Crippen molar-refractivity contribution in [3.63, 3.8) is 0 Å². The van der Waals surface area contributed by atoms with Gasteiger partial charge in [-0.3, -0.25) is 19.3 Å². The van der Waals surface area contributed by atoms with Crippen molar-refractivity contribution in [2.75, 3.05) is 18.1 Å². The van der Waals surface area contributed by atoms with Crippen molar-refractivity contribution in [3.05, 3.63) is 36.4 Å². The van der Waals surface area contributed by atoms with Crippen molar-refractivity contribution in [1.29, 1.82) is 0 Å². The summed E-state index contributed by atoms with van der Waals surface area (Å²) in [7, 11) is 0. The number of anilines is 1. The minimum atomic E-state index is -0.234. The number of carbonyl (C=O) groups is 3. The van der Waals surface area contributed by atoms with Gasteiger partial charge in [0.1, 0.15) is 0 Å². The Hall–Kier alpha value is -2.08. The van der Waals surface area contributed by atoms with Gasteiger partial charge < -0.3 is 5.32 Å². The first-order chi connectivity index (χ1) is 11.6. The van der Waals surface area contributed by atoms with Crippen molar-refractivity contribution in [2.45, 2.75) is 24.2 Å². The van der Waals surface area contributed by atoms with Gasteiger partial charge in [-0.2, -0.15) is 0 Å². The smallest absolute Gasteiger partial charge is 0.233 e. The minimum Gasteiger partial charge on any atom is -0.325 e. The molecule has 1 aliphatic heterocycles. The molecule has 0 spiro atoms. The molecule has 2 aliphatic rings. The van der Waals surface area contributed by atoms with Gasteiger partial charge >= 0.3 is 0 Å². The number of hydrogen-bond acceptors (Lipinski definition) is 4. The predicted molar refractivity (Wildman–Crippen MR) is 93.5 cm³/mol. The summed E-state index contributed by atoms with van der Waals surface area (Å²) in [5.74, 6) is -0.922. The summed E-state index contributed by atoms with van der Waals surface area (Å²) in [6.07, 6.45) is 7.23. The summed E-state index contributed by atoms with van der Waals surface area (Å²) in [5, 5.41) is 2.86. The van der Waals surface area contributed by atoms with Crippen LogP contribution in [0.3, 0.4) is 0 Å². The largest absolute Gasteiger partial charge is 0.325 e. The fourth-order valence-corrected chi connectivity index (χ4v) is 3.82. The number of thioether (sulfide) groups is 1. The Morgan fingerprint density at radius 2 is 1.79 bits per heavy atom. The van der Waals surface area contributed by atoms with E-state index < -0.39 is 0 Å². The normalized spacial score (nSPS) is 22.6. The van der Waals surface area contributed by atoms with Crippen LogP contribution in [-0.2, 0) is 14.4 Å². The summed E-state index contributed by atoms with van der Waals surface area (Å²) < 4.78 is 0. The first-order valence-electron chi connectivity index (χ1n) is 8.05. The molecule has 5 nitrogen and oxygen atoms in total. The van der Waals surface area contributed by atoms with Gasteiger partial charge in [0.2, 0.25) is 17.7 Å². The molecule has 0 aromatic heterocycles. The molecule has 24 heavy (non-hydrogen) atoms. The fraction of sp³-hybridized carbons (Fsp3) is 0.389. The lowest BCUT2D eigenvalue weighted by atomic mass is 9.85. The van der Waals surface area contributed by atoms with Gasteiger partial charge in [0, 0.05) is 17.9 Å². The van der Waals surface area contributed by atoms with E-state index in [1.54, 1.807) is 11.8 Å². The fourth-order valence-electron chi connectivity index (χ4n) is 3.26. The Labute approximate surface area is 145 Å². The Balaban J connectivity index is 1.58. The molecular weight excluding hydrogens is 324 g/mol. The first kappa shape index (κ1) is 16.8. The second kappa shape index (κ2) is 7.21. The standard InChI is InChI=1S/C18H20N2O3S/c1-24-15-9-5-4-8-14(15)19-16(21)10-11-20-17(22)12-6-2-3-7-13(12)18(20)23/h2-5,8-9,12-13H,6-7,10-11H2,1H3,(H,19,21)/t12-,13-/m1/s1. The molecule has 1 aromatic carbocycles. The van der Waals surface area contributed by atoms with Gasteiger partial charge in [0.05, 0.1) is 17.5 Å². The third-order valence-electron chi connectivity index (χ3n) is 4.54. The molecule has 2 atom stereocenters. The average Bonchev–Trinajstić information content (AvgIpc) is 2.85. The number of carbonyl (C=O) groups excluding carboxylic acids is 3. The zero-order valence-electron chi connectivity index (χ0n) is 13.5. The first-order valence-corrected chi connectivity index (χ1v) is 9.27. The van der Waals surface area contributed by atoms with Crippen molar-refractivity contribution >= 4 is 35.2 Å². The van der Waals surface area contributed by atoms with Crippen molar-refractivity contribution in [3.8, 4) is 0 Å². The maximum absolute atomic E-state index is 12.4. The lowest BCUT2D eigenvalue weighted by Crippen LogP contribution is -2.34. The zero-order chi connectivity index (χ0) is 17.1. The number of allylic oxidation sites excluding steroid dienone is 2. The van der Waals surface area contributed by atoms with E-state index in [4.69, 9.17) is 0 Å². The van der Waals surface area contributed by atoms with Crippen LogP contribution in [0, 0.1) is 11.8 Å². The van der Waals surface area contributed by atoms with Crippen molar-refractivity contribution in [1.82, 2.24) is 4.90 Å². The molecule has 3 rings (SSSR count). The molecule has 1 heterocycles. The number of likely N-dealkylation sites (tertiary alicyclic amines) is 1. The van der Waals surface area contributed by atoms with Gasteiger partial charge in [-0.25, -0.2) is 0 Å². The molecular formula is C18H20N2O3S. The Morgan fingerprint density at radius 3 is 2.42 bits per heavy atom. The molecule has 1 fully saturated rings. The highest BCUT2D eigenvalue weighted by atomic mass is 32.2. The van der Waals surface area contributed by atoms with Gasteiger partial charge in [-0.05, 0) is 31.2 Å². The van der Waals surface area contributed by atoms with Crippen LogP contribution in [0.1, 0.15) is 19.3 Å². The third kappa shape index (κ3) is 3.24. The number of benzene rings is 1. The van der Waals surface area contributed by atoms with E-state index in [-0.39, 0.29) is 42.5 Å². The van der Waals surface area contributed by atoms with Crippen LogP contribution in [0.5, 0.6) is 0 Å². The highest BCUT2D eigenvalue weighted by molar-refractivity contribution is 7.98. The third-order valence-corrected chi connectivity index (χ3v) is 5.34. The topological polar surface area (TPSA) is 66.5 Å². The Kier molecular flexibility index (Phi) is 5.04. The van der Waals surface area contributed by atoms with Crippen LogP contribution in [-0.4, -0.2) is 35.4 Å². The van der Waals surface area contributed by atoms with E-state index in [9.17, 15) is 14.4 Å². The van der Waals surface area contributed by atoms with Gasteiger partial charge in [-0.1, -0.05) is 24.3 Å². The van der Waals surface area contributed by atoms with Crippen LogP contribution >= 0.6 is 11.8 Å². The van der Waals surface area contributed by atoms with Gasteiger partial charge in [0.15, 0.2) is 0 Å². The SMILES string of the molecule is CSc1ccccc1NC(=O)CCN1C(=O)[C@@H]2CC=CC[C@H]2C1=O. The maximum atomic E-state index is 12.4. The molecule has 1 N–H and O–H groups in total. The quantitative estimate of drug-likeness (QED) is 0.507. The van der Waals surface area contributed by atoms with Crippen LogP contribution in [0.2, 0.25) is 0 Å². The Bertz CT molecular complexity index is 675. The van der Waals surface area contributed by atoms with Crippen molar-refractivity contribution in [2.24, 2.45) is 11.8 Å². The van der Waals surface area contributed by atoms with Gasteiger partial charge in [-0.15, -0.1) is 11.8 Å². The molecule has 0 unspecified atom stereocenters. The lowest BCUT2D eigenvalue weighted by molar-refractivity contribution is -0.140. The van der Waals surface area contributed by atoms with E-state index in [2.05, 4.69) is 5.32 Å². The molecule has 126 valence electrons. The molecule has 1 aliphatic carbocycles. The van der Waals surface area contributed by atoms with Crippen LogP contribution < -0.4 is 5.32 Å². The van der Waals surface area contributed by atoms with E-state index in [1.165, 1.54) is 4.90 Å². The number of nitrogens with one attached hydrogen (secondary N) is 1. The highest BCUT2D eigenvalue weighted by Crippen LogP contribution is 2.35. The highest BCUT2D eigenvalue weighted by Gasteiger charge is 2.46. The van der Waals surface area contributed by atoms with E-state index in [1.807, 2.05) is 42.7 Å². The van der Waals surface area contributed by atoms with Crippen LogP contribution in [0.25, 0.3) is 0 Å². The molecule has 1 aromatic rings. The Morgan fingerprint density at radius 1 is 1.17 bits per heavy atom. The molecule has 3 amide bonds.